The Bertz CT molecular complexity index is 393. The van der Waals surface area contributed by atoms with E-state index in [2.05, 4.69) is 12.2 Å². The van der Waals surface area contributed by atoms with E-state index in [1.165, 1.54) is 62.1 Å². The maximum Gasteiger partial charge on any atom is 0.0962 e. The number of rotatable bonds is 4. The lowest BCUT2D eigenvalue weighted by atomic mass is 9.98. The molecule has 0 aliphatic heterocycles. The van der Waals surface area contributed by atoms with Crippen LogP contribution in [0.15, 0.2) is 0 Å². The third kappa shape index (κ3) is 2.48. The molecule has 18 heavy (non-hydrogen) atoms. The van der Waals surface area contributed by atoms with Gasteiger partial charge in [0.15, 0.2) is 0 Å². The molecule has 0 amide bonds. The SMILES string of the molecule is CCCNC1CCCc2nc(C3CCCC3)sc21. The van der Waals surface area contributed by atoms with Crippen molar-refractivity contribution >= 4 is 11.3 Å². The summed E-state index contributed by atoms with van der Waals surface area (Å²) in [4.78, 5) is 6.54. The standard InChI is InChI=1S/C15H24N2S/c1-2-10-16-12-8-5-9-13-14(12)18-15(17-13)11-6-3-4-7-11/h11-12,16H,2-10H2,1H3. The summed E-state index contributed by atoms with van der Waals surface area (Å²) in [7, 11) is 0. The minimum atomic E-state index is 0.598. The van der Waals surface area contributed by atoms with E-state index >= 15 is 0 Å². The quantitative estimate of drug-likeness (QED) is 0.882. The van der Waals surface area contributed by atoms with Crippen molar-refractivity contribution in [1.29, 1.82) is 0 Å². The van der Waals surface area contributed by atoms with Crippen molar-refractivity contribution in [3.63, 3.8) is 0 Å². The second-order valence-corrected chi connectivity index (χ2v) is 6.81. The molecule has 2 nitrogen and oxygen atoms in total. The fourth-order valence-corrected chi connectivity index (χ4v) is 4.69. The molecule has 1 saturated carbocycles. The Hall–Kier alpha value is -0.410. The molecule has 1 heterocycles. The van der Waals surface area contributed by atoms with Gasteiger partial charge in [0.1, 0.15) is 0 Å². The van der Waals surface area contributed by atoms with E-state index in [1.54, 1.807) is 4.88 Å². The van der Waals surface area contributed by atoms with E-state index in [9.17, 15) is 0 Å². The number of aryl methyl sites for hydroxylation is 1. The lowest BCUT2D eigenvalue weighted by Gasteiger charge is -2.22. The van der Waals surface area contributed by atoms with Gasteiger partial charge in [0.2, 0.25) is 0 Å². The first-order valence-corrected chi connectivity index (χ1v) is 8.43. The van der Waals surface area contributed by atoms with Gasteiger partial charge >= 0.3 is 0 Å². The highest BCUT2D eigenvalue weighted by molar-refractivity contribution is 7.12. The lowest BCUT2D eigenvalue weighted by molar-refractivity contribution is 0.464. The molecule has 3 rings (SSSR count). The Kier molecular flexibility index (Phi) is 4.00. The van der Waals surface area contributed by atoms with Gasteiger partial charge in [0.05, 0.1) is 10.7 Å². The Morgan fingerprint density at radius 1 is 1.22 bits per heavy atom. The summed E-state index contributed by atoms with van der Waals surface area (Å²) in [5.41, 5.74) is 1.42. The Morgan fingerprint density at radius 3 is 2.83 bits per heavy atom. The van der Waals surface area contributed by atoms with Gasteiger partial charge in [0.25, 0.3) is 0 Å². The zero-order valence-electron chi connectivity index (χ0n) is 11.4. The van der Waals surface area contributed by atoms with Crippen molar-refractivity contribution in [2.45, 2.75) is 70.3 Å². The number of nitrogens with one attached hydrogen (secondary N) is 1. The molecular formula is C15H24N2S. The topological polar surface area (TPSA) is 24.9 Å². The summed E-state index contributed by atoms with van der Waals surface area (Å²) in [5, 5.41) is 5.15. The summed E-state index contributed by atoms with van der Waals surface area (Å²) >= 11 is 2.02. The average Bonchev–Trinajstić information content (AvgIpc) is 3.03. The second-order valence-electron chi connectivity index (χ2n) is 5.74. The first-order chi connectivity index (χ1) is 8.88. The van der Waals surface area contributed by atoms with Crippen LogP contribution < -0.4 is 5.32 Å². The van der Waals surface area contributed by atoms with Crippen LogP contribution in [0.3, 0.4) is 0 Å². The van der Waals surface area contributed by atoms with Gasteiger partial charge in [-0.2, -0.15) is 0 Å². The number of hydrogen-bond donors (Lipinski definition) is 1. The molecule has 100 valence electrons. The summed E-state index contributed by atoms with van der Waals surface area (Å²) in [6.45, 7) is 3.38. The van der Waals surface area contributed by atoms with Crippen LogP contribution in [0.1, 0.15) is 79.4 Å². The maximum absolute atomic E-state index is 4.97. The lowest BCUT2D eigenvalue weighted by Crippen LogP contribution is -2.24. The molecule has 2 aliphatic carbocycles. The molecule has 0 saturated heterocycles. The van der Waals surface area contributed by atoms with Gasteiger partial charge in [-0.15, -0.1) is 11.3 Å². The molecule has 1 unspecified atom stereocenters. The monoisotopic (exact) mass is 264 g/mol. The molecule has 0 bridgehead atoms. The van der Waals surface area contributed by atoms with Crippen LogP contribution in [0, 0.1) is 0 Å². The molecule has 0 spiro atoms. The van der Waals surface area contributed by atoms with E-state index in [4.69, 9.17) is 4.98 Å². The third-order valence-corrected chi connectivity index (χ3v) is 5.69. The second kappa shape index (κ2) is 5.70. The predicted molar refractivity (Wildman–Crippen MR) is 77.3 cm³/mol. The number of fused-ring (bicyclic) bond motifs is 1. The van der Waals surface area contributed by atoms with Crippen molar-refractivity contribution in [3.05, 3.63) is 15.6 Å². The number of hydrogen-bond acceptors (Lipinski definition) is 3. The van der Waals surface area contributed by atoms with Crippen molar-refractivity contribution in [3.8, 4) is 0 Å². The molecule has 0 aromatic carbocycles. The van der Waals surface area contributed by atoms with E-state index in [0.29, 0.717) is 6.04 Å². The van der Waals surface area contributed by atoms with Gasteiger partial charge in [0, 0.05) is 16.8 Å². The van der Waals surface area contributed by atoms with Gasteiger partial charge < -0.3 is 5.32 Å². The minimum absolute atomic E-state index is 0.598. The maximum atomic E-state index is 4.97. The average molecular weight is 264 g/mol. The summed E-state index contributed by atoms with van der Waals surface area (Å²) in [5.74, 6) is 0.785. The summed E-state index contributed by atoms with van der Waals surface area (Å²) in [6.07, 6.45) is 10.6. The summed E-state index contributed by atoms with van der Waals surface area (Å²) in [6, 6.07) is 0.598. The van der Waals surface area contributed by atoms with Crippen LogP contribution >= 0.6 is 11.3 Å². The minimum Gasteiger partial charge on any atom is -0.309 e. The van der Waals surface area contributed by atoms with Gasteiger partial charge in [-0.25, -0.2) is 4.98 Å². The van der Waals surface area contributed by atoms with E-state index in [1.807, 2.05) is 11.3 Å². The molecule has 2 aliphatic rings. The number of aromatic nitrogens is 1. The van der Waals surface area contributed by atoms with E-state index in [0.717, 1.165) is 12.5 Å². The Labute approximate surface area is 114 Å². The molecule has 1 aromatic heterocycles. The normalized spacial score (nSPS) is 24.4. The highest BCUT2D eigenvalue weighted by Crippen LogP contribution is 2.41. The van der Waals surface area contributed by atoms with Crippen molar-refractivity contribution in [1.82, 2.24) is 10.3 Å². The highest BCUT2D eigenvalue weighted by atomic mass is 32.1. The smallest absolute Gasteiger partial charge is 0.0962 e. The molecule has 1 aromatic rings. The Morgan fingerprint density at radius 2 is 2.06 bits per heavy atom. The molecule has 1 N–H and O–H groups in total. The van der Waals surface area contributed by atoms with Gasteiger partial charge in [-0.3, -0.25) is 0 Å². The number of nitrogens with zero attached hydrogens (tertiary/aromatic N) is 1. The van der Waals surface area contributed by atoms with Crippen molar-refractivity contribution in [2.24, 2.45) is 0 Å². The van der Waals surface area contributed by atoms with Crippen LogP contribution in [0.4, 0.5) is 0 Å². The van der Waals surface area contributed by atoms with E-state index < -0.39 is 0 Å². The first kappa shape index (κ1) is 12.6. The van der Waals surface area contributed by atoms with Crippen LogP contribution in [-0.4, -0.2) is 11.5 Å². The van der Waals surface area contributed by atoms with Gasteiger partial charge in [-0.05, 0) is 45.1 Å². The number of thiazole rings is 1. The van der Waals surface area contributed by atoms with Crippen LogP contribution in [0.25, 0.3) is 0 Å². The summed E-state index contributed by atoms with van der Waals surface area (Å²) < 4.78 is 0. The van der Waals surface area contributed by atoms with Crippen molar-refractivity contribution < 1.29 is 0 Å². The zero-order valence-corrected chi connectivity index (χ0v) is 12.2. The van der Waals surface area contributed by atoms with Crippen LogP contribution in [-0.2, 0) is 6.42 Å². The van der Waals surface area contributed by atoms with Crippen LogP contribution in [0.2, 0.25) is 0 Å². The van der Waals surface area contributed by atoms with Crippen molar-refractivity contribution in [2.75, 3.05) is 6.54 Å². The van der Waals surface area contributed by atoms with Crippen LogP contribution in [0.5, 0.6) is 0 Å². The fourth-order valence-electron chi connectivity index (χ4n) is 3.30. The fraction of sp³-hybridized carbons (Fsp3) is 0.800. The third-order valence-electron chi connectivity index (χ3n) is 4.31. The van der Waals surface area contributed by atoms with E-state index in [-0.39, 0.29) is 0 Å². The zero-order chi connectivity index (χ0) is 12.4. The molecule has 1 fully saturated rings. The molecular weight excluding hydrogens is 240 g/mol. The molecule has 3 heteroatoms. The predicted octanol–water partition coefficient (Wildman–Crippen LogP) is 4.18. The molecule has 1 atom stereocenters. The highest BCUT2D eigenvalue weighted by Gasteiger charge is 2.27. The largest absolute Gasteiger partial charge is 0.309 e. The molecule has 0 radical (unpaired) electrons. The first-order valence-electron chi connectivity index (χ1n) is 7.61. The van der Waals surface area contributed by atoms with Gasteiger partial charge in [-0.1, -0.05) is 19.8 Å². The Balaban J connectivity index is 1.78.